The Morgan fingerprint density at radius 1 is 1.67 bits per heavy atom. The average Bonchev–Trinajstić information content (AvgIpc) is 2.03. The van der Waals surface area contributed by atoms with Crippen molar-refractivity contribution in [1.29, 1.82) is 0 Å². The molecular formula is C7H4Br2ClNO. The van der Waals surface area contributed by atoms with Crippen molar-refractivity contribution < 1.29 is 4.79 Å². The van der Waals surface area contributed by atoms with Crippen LogP contribution in [0.1, 0.15) is 10.4 Å². The predicted octanol–water partition coefficient (Wildman–Crippen LogP) is 3.08. The molecule has 0 saturated carbocycles. The van der Waals surface area contributed by atoms with Crippen molar-refractivity contribution in [3.8, 4) is 0 Å². The molecule has 0 aliphatic carbocycles. The number of rotatable bonds is 2. The fraction of sp³-hybridized carbons (Fsp3) is 0.143. The summed E-state index contributed by atoms with van der Waals surface area (Å²) in [6.45, 7) is 0. The molecule has 0 saturated heterocycles. The molecule has 0 radical (unpaired) electrons. The van der Waals surface area contributed by atoms with E-state index in [4.69, 9.17) is 11.6 Å². The van der Waals surface area contributed by atoms with Crippen LogP contribution in [0, 0.1) is 0 Å². The van der Waals surface area contributed by atoms with E-state index in [0.717, 1.165) is 0 Å². The lowest BCUT2D eigenvalue weighted by Crippen LogP contribution is -2.01. The van der Waals surface area contributed by atoms with Crippen molar-refractivity contribution in [3.05, 3.63) is 27.5 Å². The Bertz CT molecular complexity index is 316. The largest absolute Gasteiger partial charge is 0.293 e. The number of halogens is 3. The maximum atomic E-state index is 11.2. The minimum Gasteiger partial charge on any atom is -0.293 e. The third kappa shape index (κ3) is 2.28. The fourth-order valence-corrected chi connectivity index (χ4v) is 1.82. The van der Waals surface area contributed by atoms with Gasteiger partial charge in [-0.2, -0.15) is 0 Å². The Hall–Kier alpha value is 0.0700. The monoisotopic (exact) mass is 311 g/mol. The van der Waals surface area contributed by atoms with Gasteiger partial charge < -0.3 is 0 Å². The molecule has 0 aliphatic rings. The van der Waals surface area contributed by atoms with Crippen molar-refractivity contribution in [2.45, 2.75) is 0 Å². The van der Waals surface area contributed by atoms with Gasteiger partial charge in [0.25, 0.3) is 0 Å². The number of hydrogen-bond donors (Lipinski definition) is 0. The second kappa shape index (κ2) is 4.35. The summed E-state index contributed by atoms with van der Waals surface area (Å²) in [7, 11) is 0. The van der Waals surface area contributed by atoms with Gasteiger partial charge in [-0.15, -0.1) is 0 Å². The highest BCUT2D eigenvalue weighted by Gasteiger charge is 2.08. The number of ketones is 1. The predicted molar refractivity (Wildman–Crippen MR) is 55.1 cm³/mol. The first-order chi connectivity index (χ1) is 5.65. The zero-order valence-corrected chi connectivity index (χ0v) is 9.78. The smallest absolute Gasteiger partial charge is 0.176 e. The number of alkyl halides is 1. The molecule has 12 heavy (non-hydrogen) atoms. The molecule has 1 heterocycles. The van der Waals surface area contributed by atoms with E-state index >= 15 is 0 Å². The van der Waals surface area contributed by atoms with Crippen LogP contribution in [0.25, 0.3) is 0 Å². The van der Waals surface area contributed by atoms with E-state index in [0.29, 0.717) is 15.2 Å². The lowest BCUT2D eigenvalue weighted by molar-refractivity contribution is 0.102. The third-order valence-electron chi connectivity index (χ3n) is 1.24. The minimum absolute atomic E-state index is 0.0222. The van der Waals surface area contributed by atoms with Gasteiger partial charge >= 0.3 is 0 Å². The minimum atomic E-state index is -0.0222. The molecule has 0 N–H and O–H groups in total. The maximum Gasteiger partial charge on any atom is 0.176 e. The van der Waals surface area contributed by atoms with E-state index in [1.54, 1.807) is 6.07 Å². The molecule has 0 aromatic carbocycles. The van der Waals surface area contributed by atoms with Crippen LogP contribution in [0.2, 0.25) is 5.15 Å². The number of Topliss-reactive ketones (excluding diaryl/α,β-unsaturated/α-hetero) is 1. The summed E-state index contributed by atoms with van der Waals surface area (Å²) in [5.41, 5.74) is 0.538. The topological polar surface area (TPSA) is 30.0 Å². The second-order valence-electron chi connectivity index (χ2n) is 2.04. The Kier molecular flexibility index (Phi) is 3.68. The van der Waals surface area contributed by atoms with Crippen LogP contribution in [0.4, 0.5) is 0 Å². The zero-order chi connectivity index (χ0) is 9.14. The molecule has 0 atom stereocenters. The Morgan fingerprint density at radius 2 is 2.33 bits per heavy atom. The van der Waals surface area contributed by atoms with Gasteiger partial charge in [0.15, 0.2) is 5.78 Å². The highest BCUT2D eigenvalue weighted by Crippen LogP contribution is 2.19. The number of carbonyl (C=O) groups excluding carboxylic acids is 1. The molecule has 0 bridgehead atoms. The van der Waals surface area contributed by atoms with Gasteiger partial charge in [0.1, 0.15) is 5.15 Å². The quantitative estimate of drug-likeness (QED) is 0.477. The molecule has 0 amide bonds. The molecule has 1 aromatic rings. The Labute approximate surface area is 91.6 Å². The van der Waals surface area contributed by atoms with Gasteiger partial charge in [-0.25, -0.2) is 4.98 Å². The molecule has 64 valence electrons. The van der Waals surface area contributed by atoms with Gasteiger partial charge in [-0.05, 0) is 22.0 Å². The molecule has 0 unspecified atom stereocenters. The normalized spacial score (nSPS) is 9.92. The number of hydrogen-bond acceptors (Lipinski definition) is 2. The SMILES string of the molecule is O=C(CBr)c1cnc(Cl)cc1Br. The summed E-state index contributed by atoms with van der Waals surface area (Å²) in [6, 6.07) is 1.59. The van der Waals surface area contributed by atoms with Crippen molar-refractivity contribution in [2.24, 2.45) is 0 Å². The lowest BCUT2D eigenvalue weighted by atomic mass is 10.2. The van der Waals surface area contributed by atoms with Crippen LogP contribution in [0.3, 0.4) is 0 Å². The fourth-order valence-electron chi connectivity index (χ4n) is 0.685. The van der Waals surface area contributed by atoms with Crippen LogP contribution in [0.15, 0.2) is 16.7 Å². The van der Waals surface area contributed by atoms with Crippen LogP contribution < -0.4 is 0 Å². The first-order valence-electron chi connectivity index (χ1n) is 3.05. The maximum absolute atomic E-state index is 11.2. The van der Waals surface area contributed by atoms with E-state index < -0.39 is 0 Å². The average molecular weight is 313 g/mol. The van der Waals surface area contributed by atoms with Crippen molar-refractivity contribution >= 4 is 49.2 Å². The van der Waals surface area contributed by atoms with Crippen LogP contribution in [-0.4, -0.2) is 16.1 Å². The van der Waals surface area contributed by atoms with E-state index in [-0.39, 0.29) is 11.1 Å². The van der Waals surface area contributed by atoms with Crippen LogP contribution >= 0.6 is 43.5 Å². The van der Waals surface area contributed by atoms with E-state index in [2.05, 4.69) is 36.8 Å². The molecule has 5 heteroatoms. The number of aromatic nitrogens is 1. The van der Waals surface area contributed by atoms with Gasteiger partial charge in [-0.3, -0.25) is 4.79 Å². The summed E-state index contributed by atoms with van der Waals surface area (Å²) in [5.74, 6) is -0.0222. The highest BCUT2D eigenvalue weighted by molar-refractivity contribution is 9.10. The standard InChI is InChI=1S/C7H4Br2ClNO/c8-2-6(12)4-3-11-7(10)1-5(4)9/h1,3H,2H2. The van der Waals surface area contributed by atoms with E-state index in [9.17, 15) is 4.79 Å². The first-order valence-corrected chi connectivity index (χ1v) is 5.34. The second-order valence-corrected chi connectivity index (χ2v) is 3.85. The number of nitrogens with zero attached hydrogens (tertiary/aromatic N) is 1. The molecule has 0 fully saturated rings. The zero-order valence-electron chi connectivity index (χ0n) is 5.85. The molecule has 1 aromatic heterocycles. The summed E-state index contributed by atoms with van der Waals surface area (Å²) in [5, 5.41) is 0.655. The van der Waals surface area contributed by atoms with Crippen molar-refractivity contribution in [2.75, 3.05) is 5.33 Å². The van der Waals surface area contributed by atoms with Crippen molar-refractivity contribution in [3.63, 3.8) is 0 Å². The molecule has 2 nitrogen and oxygen atoms in total. The van der Waals surface area contributed by atoms with Gasteiger partial charge in [-0.1, -0.05) is 27.5 Å². The highest BCUT2D eigenvalue weighted by atomic mass is 79.9. The van der Waals surface area contributed by atoms with Crippen molar-refractivity contribution in [1.82, 2.24) is 4.98 Å². The Morgan fingerprint density at radius 3 is 2.83 bits per heavy atom. The summed E-state index contributed by atoms with van der Waals surface area (Å²) in [6.07, 6.45) is 1.45. The van der Waals surface area contributed by atoms with Gasteiger partial charge in [0.2, 0.25) is 0 Å². The van der Waals surface area contributed by atoms with Gasteiger partial charge in [0.05, 0.1) is 10.9 Å². The lowest BCUT2D eigenvalue weighted by Gasteiger charge is -1.99. The summed E-state index contributed by atoms with van der Waals surface area (Å²) >= 11 is 11.9. The van der Waals surface area contributed by atoms with Gasteiger partial charge in [0, 0.05) is 10.7 Å². The van der Waals surface area contributed by atoms with E-state index in [1.165, 1.54) is 6.20 Å². The molecular weight excluding hydrogens is 309 g/mol. The molecule has 1 rings (SSSR count). The first kappa shape index (κ1) is 10.2. The van der Waals surface area contributed by atoms with Crippen LogP contribution in [0.5, 0.6) is 0 Å². The van der Waals surface area contributed by atoms with Crippen LogP contribution in [-0.2, 0) is 0 Å². The number of pyridine rings is 1. The number of carbonyl (C=O) groups is 1. The third-order valence-corrected chi connectivity index (χ3v) is 2.61. The summed E-state index contributed by atoms with van der Waals surface area (Å²) in [4.78, 5) is 15.0. The van der Waals surface area contributed by atoms with E-state index in [1.807, 2.05) is 0 Å². The molecule has 0 spiro atoms. The summed E-state index contributed by atoms with van der Waals surface area (Å²) < 4.78 is 0.673. The Balaban J connectivity index is 3.09. The molecule has 0 aliphatic heterocycles.